The summed E-state index contributed by atoms with van der Waals surface area (Å²) < 4.78 is 27.6. The monoisotopic (exact) mass is 414 g/mol. The van der Waals surface area contributed by atoms with E-state index in [0.717, 1.165) is 6.42 Å². The highest BCUT2D eigenvalue weighted by Gasteiger charge is 2.20. The summed E-state index contributed by atoms with van der Waals surface area (Å²) in [6.45, 7) is 3.83. The molecule has 0 heterocycles. The number of sulfonamides is 1. The summed E-state index contributed by atoms with van der Waals surface area (Å²) in [7, 11) is -3.82. The van der Waals surface area contributed by atoms with Crippen molar-refractivity contribution in [3.8, 4) is 0 Å². The predicted molar refractivity (Wildman–Crippen MR) is 106 cm³/mol. The molecule has 0 aromatic heterocycles. The minimum absolute atomic E-state index is 0.0194. The zero-order valence-corrected chi connectivity index (χ0v) is 16.8. The number of amides is 1. The third-order valence-corrected chi connectivity index (χ3v) is 5.73. The van der Waals surface area contributed by atoms with Crippen molar-refractivity contribution in [2.75, 3.05) is 4.72 Å². The van der Waals surface area contributed by atoms with Crippen LogP contribution >= 0.6 is 23.2 Å². The molecule has 8 heteroatoms. The van der Waals surface area contributed by atoms with Gasteiger partial charge >= 0.3 is 0 Å². The number of carbonyl (C=O) groups is 1. The fourth-order valence-corrected chi connectivity index (χ4v) is 4.20. The lowest BCUT2D eigenvalue weighted by molar-refractivity contribution is 0.0940. The van der Waals surface area contributed by atoms with Crippen LogP contribution in [0.5, 0.6) is 0 Å². The Morgan fingerprint density at radius 3 is 2.31 bits per heavy atom. The van der Waals surface area contributed by atoms with E-state index in [-0.39, 0.29) is 33.2 Å². The maximum absolute atomic E-state index is 12.6. The number of halogens is 2. The van der Waals surface area contributed by atoms with Crippen LogP contribution in [-0.2, 0) is 15.8 Å². The van der Waals surface area contributed by atoms with Gasteiger partial charge in [-0.1, -0.05) is 48.3 Å². The molecule has 2 N–H and O–H groups in total. The van der Waals surface area contributed by atoms with Gasteiger partial charge in [0, 0.05) is 21.7 Å². The van der Waals surface area contributed by atoms with Gasteiger partial charge in [-0.2, -0.15) is 0 Å². The van der Waals surface area contributed by atoms with Gasteiger partial charge in [0.05, 0.1) is 17.0 Å². The minimum Gasteiger partial charge on any atom is -0.350 e. The van der Waals surface area contributed by atoms with E-state index in [0.29, 0.717) is 5.56 Å². The average Bonchev–Trinajstić information content (AvgIpc) is 2.58. The maximum Gasteiger partial charge on any atom is 0.253 e. The number of nitrogens with one attached hydrogen (secondary N) is 2. The first-order valence-electron chi connectivity index (χ1n) is 8.06. The van der Waals surface area contributed by atoms with Crippen LogP contribution in [0.25, 0.3) is 0 Å². The van der Waals surface area contributed by atoms with Crippen LogP contribution in [0.1, 0.15) is 36.2 Å². The molecular formula is C18H20Cl2N2O3S. The third-order valence-electron chi connectivity index (χ3n) is 3.82. The summed E-state index contributed by atoms with van der Waals surface area (Å²) in [5, 5.41) is 3.36. The van der Waals surface area contributed by atoms with E-state index in [4.69, 9.17) is 23.2 Å². The highest BCUT2D eigenvalue weighted by molar-refractivity contribution is 7.91. The summed E-state index contributed by atoms with van der Waals surface area (Å²) in [6.07, 6.45) is 0.768. The lowest BCUT2D eigenvalue weighted by atomic mass is 10.1. The molecule has 0 saturated heterocycles. The summed E-state index contributed by atoms with van der Waals surface area (Å²) in [4.78, 5) is 12.4. The molecule has 1 amide bonds. The van der Waals surface area contributed by atoms with Crippen LogP contribution in [0, 0.1) is 0 Å². The van der Waals surface area contributed by atoms with Gasteiger partial charge in [-0.15, -0.1) is 0 Å². The quantitative estimate of drug-likeness (QED) is 0.701. The molecule has 0 aliphatic carbocycles. The molecule has 0 aliphatic heterocycles. The number of carbonyl (C=O) groups excluding carboxylic acids is 1. The van der Waals surface area contributed by atoms with Gasteiger partial charge in [0.1, 0.15) is 0 Å². The molecule has 2 aromatic rings. The number of benzene rings is 2. The molecule has 2 aromatic carbocycles. The van der Waals surface area contributed by atoms with Crippen LogP contribution in [0.4, 0.5) is 5.69 Å². The number of hydrogen-bond acceptors (Lipinski definition) is 3. The molecule has 26 heavy (non-hydrogen) atoms. The first-order valence-corrected chi connectivity index (χ1v) is 10.5. The van der Waals surface area contributed by atoms with E-state index in [1.165, 1.54) is 6.07 Å². The highest BCUT2D eigenvalue weighted by atomic mass is 35.5. The van der Waals surface area contributed by atoms with E-state index < -0.39 is 15.8 Å². The number of para-hydroxylation sites is 1. The molecule has 0 spiro atoms. The molecule has 1 unspecified atom stereocenters. The van der Waals surface area contributed by atoms with Crippen molar-refractivity contribution in [2.24, 2.45) is 0 Å². The van der Waals surface area contributed by atoms with Crippen LogP contribution < -0.4 is 10.0 Å². The molecular weight excluding hydrogens is 395 g/mol. The smallest absolute Gasteiger partial charge is 0.253 e. The first-order chi connectivity index (χ1) is 12.2. The summed E-state index contributed by atoms with van der Waals surface area (Å²) in [6, 6.07) is 11.2. The second kappa shape index (κ2) is 8.75. The molecule has 0 bridgehead atoms. The van der Waals surface area contributed by atoms with Crippen molar-refractivity contribution < 1.29 is 13.2 Å². The van der Waals surface area contributed by atoms with E-state index in [2.05, 4.69) is 10.0 Å². The van der Waals surface area contributed by atoms with Crippen LogP contribution in [0.2, 0.25) is 10.0 Å². The molecule has 0 radical (unpaired) electrons. The third kappa shape index (κ3) is 5.37. The lowest BCUT2D eigenvalue weighted by Gasteiger charge is -2.16. The molecule has 1 atom stereocenters. The zero-order valence-electron chi connectivity index (χ0n) is 14.4. The van der Waals surface area contributed by atoms with Gasteiger partial charge in [-0.05, 0) is 37.6 Å². The van der Waals surface area contributed by atoms with Gasteiger partial charge in [0.25, 0.3) is 5.91 Å². The summed E-state index contributed by atoms with van der Waals surface area (Å²) in [5.74, 6) is -0.735. The first kappa shape index (κ1) is 20.6. The molecule has 0 fully saturated rings. The maximum atomic E-state index is 12.6. The van der Waals surface area contributed by atoms with Gasteiger partial charge in [-0.3, -0.25) is 9.52 Å². The Morgan fingerprint density at radius 1 is 1.08 bits per heavy atom. The molecule has 0 saturated carbocycles. The SMILES string of the molecule is CCC(C)NC(=O)c1ccccc1NS(=O)(=O)Cc1c(Cl)cccc1Cl. The van der Waals surface area contributed by atoms with Crippen LogP contribution in [0.3, 0.4) is 0 Å². The Bertz CT molecular complexity index is 881. The summed E-state index contributed by atoms with van der Waals surface area (Å²) in [5.41, 5.74) is 0.767. The van der Waals surface area contributed by atoms with Crippen molar-refractivity contribution in [3.05, 3.63) is 63.6 Å². The van der Waals surface area contributed by atoms with Crippen LogP contribution in [0.15, 0.2) is 42.5 Å². The Balaban J connectivity index is 2.26. The number of rotatable bonds is 7. The van der Waals surface area contributed by atoms with Crippen molar-refractivity contribution in [1.82, 2.24) is 5.32 Å². The van der Waals surface area contributed by atoms with Gasteiger partial charge in [0.2, 0.25) is 10.0 Å². The van der Waals surface area contributed by atoms with Crippen molar-refractivity contribution in [1.29, 1.82) is 0 Å². The van der Waals surface area contributed by atoms with Gasteiger partial charge in [-0.25, -0.2) is 8.42 Å². The van der Waals surface area contributed by atoms with E-state index in [9.17, 15) is 13.2 Å². The van der Waals surface area contributed by atoms with Crippen molar-refractivity contribution in [2.45, 2.75) is 32.1 Å². The van der Waals surface area contributed by atoms with Crippen molar-refractivity contribution in [3.63, 3.8) is 0 Å². The second-order valence-electron chi connectivity index (χ2n) is 5.89. The average molecular weight is 415 g/mol. The predicted octanol–water partition coefficient (Wildman–Crippen LogP) is 4.46. The number of anilines is 1. The largest absolute Gasteiger partial charge is 0.350 e. The second-order valence-corrected chi connectivity index (χ2v) is 8.43. The van der Waals surface area contributed by atoms with Crippen LogP contribution in [-0.4, -0.2) is 20.4 Å². The fraction of sp³-hybridized carbons (Fsp3) is 0.278. The van der Waals surface area contributed by atoms with E-state index in [1.807, 2.05) is 13.8 Å². The topological polar surface area (TPSA) is 75.3 Å². The Labute approximate surface area is 163 Å². The van der Waals surface area contributed by atoms with E-state index >= 15 is 0 Å². The Morgan fingerprint density at radius 2 is 1.69 bits per heavy atom. The standard InChI is InChI=1S/C18H20Cl2N2O3S/c1-3-12(2)21-18(23)13-7-4-5-10-17(13)22-26(24,25)11-14-15(19)8-6-9-16(14)20/h4-10,12,22H,3,11H2,1-2H3,(H,21,23). The zero-order chi connectivity index (χ0) is 19.3. The molecule has 140 valence electrons. The number of hydrogen-bond donors (Lipinski definition) is 2. The summed E-state index contributed by atoms with van der Waals surface area (Å²) >= 11 is 12.1. The highest BCUT2D eigenvalue weighted by Crippen LogP contribution is 2.27. The van der Waals surface area contributed by atoms with Gasteiger partial charge < -0.3 is 5.32 Å². The normalized spacial score (nSPS) is 12.5. The Hall–Kier alpha value is -1.76. The molecule has 5 nitrogen and oxygen atoms in total. The van der Waals surface area contributed by atoms with Gasteiger partial charge in [0.15, 0.2) is 0 Å². The lowest BCUT2D eigenvalue weighted by Crippen LogP contribution is -2.32. The molecule has 2 rings (SSSR count). The Kier molecular flexibility index (Phi) is 6.92. The van der Waals surface area contributed by atoms with Crippen molar-refractivity contribution >= 4 is 44.8 Å². The fourth-order valence-electron chi connectivity index (χ4n) is 2.24. The minimum atomic E-state index is -3.82. The molecule has 0 aliphatic rings. The van der Waals surface area contributed by atoms with E-state index in [1.54, 1.807) is 36.4 Å².